The maximum Gasteiger partial charge on any atom is 0.192 e. The van der Waals surface area contributed by atoms with Crippen molar-refractivity contribution < 1.29 is 9.15 Å². The zero-order valence-electron chi connectivity index (χ0n) is 12.0. The highest BCUT2D eigenvalue weighted by molar-refractivity contribution is 14.0. The Morgan fingerprint density at radius 3 is 2.90 bits per heavy atom. The Bertz CT molecular complexity index is 448. The van der Waals surface area contributed by atoms with Gasteiger partial charge in [0, 0.05) is 32.2 Å². The number of aliphatic imine (C=N–C) groups is 1. The molecule has 6 heteroatoms. The molecule has 1 aliphatic heterocycles. The molecule has 0 aromatic carbocycles. The molecule has 5 nitrogen and oxygen atoms in total. The lowest BCUT2D eigenvalue weighted by molar-refractivity contribution is 0.0822. The number of halogens is 1. The van der Waals surface area contributed by atoms with Gasteiger partial charge in [0.05, 0.1) is 12.8 Å². The van der Waals surface area contributed by atoms with Crippen molar-refractivity contribution >= 4 is 29.9 Å². The number of hydrogen-bond donors (Lipinski definition) is 2. The largest absolute Gasteiger partial charge is 0.469 e. The van der Waals surface area contributed by atoms with Gasteiger partial charge in [0.15, 0.2) is 5.96 Å². The molecule has 0 aliphatic carbocycles. The third-order valence-corrected chi connectivity index (χ3v) is 3.13. The summed E-state index contributed by atoms with van der Waals surface area (Å²) in [6.45, 7) is 2.73. The lowest BCUT2D eigenvalue weighted by atomic mass is 10.1. The Kier molecular flexibility index (Phi) is 8.94. The van der Waals surface area contributed by atoms with Crippen LogP contribution in [0.4, 0.5) is 0 Å². The standard InChI is InChI=1S/C15H21N3O2.HI/c1-2-8-16-15(18-13-6-11-19-12-7-13)17-9-5-14-4-3-10-20-14;/h1,3-4,10,13H,5-9,11-12H2,(H2,16,17,18);1H. The molecule has 1 saturated heterocycles. The Labute approximate surface area is 142 Å². The molecule has 1 fully saturated rings. The first-order valence-corrected chi connectivity index (χ1v) is 6.97. The summed E-state index contributed by atoms with van der Waals surface area (Å²) < 4.78 is 10.6. The van der Waals surface area contributed by atoms with Crippen molar-refractivity contribution in [3.8, 4) is 12.3 Å². The van der Waals surface area contributed by atoms with E-state index in [0.717, 1.165) is 44.2 Å². The topological polar surface area (TPSA) is 58.8 Å². The van der Waals surface area contributed by atoms with Gasteiger partial charge in [-0.05, 0) is 25.0 Å². The molecule has 0 radical (unpaired) electrons. The van der Waals surface area contributed by atoms with E-state index in [1.54, 1.807) is 6.26 Å². The van der Waals surface area contributed by atoms with Crippen LogP contribution in [0.3, 0.4) is 0 Å². The molecule has 2 rings (SSSR count). The average Bonchev–Trinajstić information content (AvgIpc) is 2.99. The van der Waals surface area contributed by atoms with Gasteiger partial charge in [-0.1, -0.05) is 5.92 Å². The molecule has 21 heavy (non-hydrogen) atoms. The van der Waals surface area contributed by atoms with Crippen molar-refractivity contribution in [2.45, 2.75) is 25.3 Å². The Morgan fingerprint density at radius 2 is 2.24 bits per heavy atom. The average molecular weight is 403 g/mol. The molecule has 2 heterocycles. The predicted octanol–water partition coefficient (Wildman–Crippen LogP) is 1.79. The van der Waals surface area contributed by atoms with E-state index in [1.807, 2.05) is 12.1 Å². The lowest BCUT2D eigenvalue weighted by Crippen LogP contribution is -2.45. The van der Waals surface area contributed by atoms with E-state index in [4.69, 9.17) is 15.6 Å². The summed E-state index contributed by atoms with van der Waals surface area (Å²) in [6, 6.07) is 4.24. The fourth-order valence-corrected chi connectivity index (χ4v) is 2.06. The van der Waals surface area contributed by atoms with Gasteiger partial charge >= 0.3 is 0 Å². The van der Waals surface area contributed by atoms with Crippen molar-refractivity contribution in [1.82, 2.24) is 10.6 Å². The summed E-state index contributed by atoms with van der Waals surface area (Å²) in [5.74, 6) is 4.27. The highest BCUT2D eigenvalue weighted by Gasteiger charge is 2.14. The minimum Gasteiger partial charge on any atom is -0.469 e. The summed E-state index contributed by atoms with van der Waals surface area (Å²) in [5, 5.41) is 6.53. The summed E-state index contributed by atoms with van der Waals surface area (Å²) in [7, 11) is 0. The van der Waals surface area contributed by atoms with Gasteiger partial charge in [0.2, 0.25) is 0 Å². The summed E-state index contributed by atoms with van der Waals surface area (Å²) in [6.07, 6.45) is 9.73. The van der Waals surface area contributed by atoms with E-state index in [9.17, 15) is 0 Å². The van der Waals surface area contributed by atoms with Crippen LogP contribution in [0.15, 0.2) is 27.8 Å². The van der Waals surface area contributed by atoms with Crippen molar-refractivity contribution in [3.63, 3.8) is 0 Å². The Hall–Kier alpha value is -1.20. The Balaban J connectivity index is 0.00000220. The van der Waals surface area contributed by atoms with E-state index >= 15 is 0 Å². The van der Waals surface area contributed by atoms with E-state index in [2.05, 4.69) is 21.5 Å². The molecule has 1 aromatic rings. The first-order valence-electron chi connectivity index (χ1n) is 6.97. The van der Waals surface area contributed by atoms with Gasteiger partial charge in [-0.3, -0.25) is 4.99 Å². The van der Waals surface area contributed by atoms with Gasteiger partial charge in [0.25, 0.3) is 0 Å². The van der Waals surface area contributed by atoms with E-state index in [-0.39, 0.29) is 24.0 Å². The number of terminal acetylenes is 1. The molecule has 1 aromatic heterocycles. The normalized spacial score (nSPS) is 15.9. The van der Waals surface area contributed by atoms with Crippen molar-refractivity contribution in [2.24, 2.45) is 4.99 Å². The van der Waals surface area contributed by atoms with E-state index < -0.39 is 0 Å². The number of hydrogen-bond acceptors (Lipinski definition) is 3. The van der Waals surface area contributed by atoms with Crippen molar-refractivity contribution in [2.75, 3.05) is 26.3 Å². The fraction of sp³-hybridized carbons (Fsp3) is 0.533. The third kappa shape index (κ3) is 6.87. The van der Waals surface area contributed by atoms with Crippen molar-refractivity contribution in [3.05, 3.63) is 24.2 Å². The predicted molar refractivity (Wildman–Crippen MR) is 93.9 cm³/mol. The first-order chi connectivity index (χ1) is 9.88. The molecule has 116 valence electrons. The van der Waals surface area contributed by atoms with Crippen LogP contribution in [0.25, 0.3) is 0 Å². The van der Waals surface area contributed by atoms with Crippen LogP contribution in [0.5, 0.6) is 0 Å². The summed E-state index contributed by atoms with van der Waals surface area (Å²) >= 11 is 0. The molecular weight excluding hydrogens is 381 g/mol. The smallest absolute Gasteiger partial charge is 0.192 e. The monoisotopic (exact) mass is 403 g/mol. The number of ether oxygens (including phenoxy) is 1. The quantitative estimate of drug-likeness (QED) is 0.341. The zero-order chi connectivity index (χ0) is 14.0. The maximum atomic E-state index is 5.35. The second-order valence-corrected chi connectivity index (χ2v) is 4.65. The summed E-state index contributed by atoms with van der Waals surface area (Å²) in [5.41, 5.74) is 0. The number of rotatable bonds is 5. The van der Waals surface area contributed by atoms with Crippen LogP contribution >= 0.6 is 24.0 Å². The summed E-state index contributed by atoms with van der Waals surface area (Å²) in [4.78, 5) is 4.53. The van der Waals surface area contributed by atoms with Crippen LogP contribution in [-0.4, -0.2) is 38.3 Å². The van der Waals surface area contributed by atoms with Gasteiger partial charge in [-0.25, -0.2) is 0 Å². The molecule has 0 unspecified atom stereocenters. The van der Waals surface area contributed by atoms with E-state index in [0.29, 0.717) is 19.1 Å². The molecule has 1 aliphatic rings. The first kappa shape index (κ1) is 17.9. The molecular formula is C15H22IN3O2. The number of nitrogens with zero attached hydrogens (tertiary/aromatic N) is 1. The lowest BCUT2D eigenvalue weighted by Gasteiger charge is -2.25. The van der Waals surface area contributed by atoms with Crippen LogP contribution < -0.4 is 10.6 Å². The number of nitrogens with one attached hydrogen (secondary N) is 2. The van der Waals surface area contributed by atoms with Gasteiger partial charge in [0.1, 0.15) is 5.76 Å². The second-order valence-electron chi connectivity index (χ2n) is 4.65. The van der Waals surface area contributed by atoms with E-state index in [1.165, 1.54) is 0 Å². The highest BCUT2D eigenvalue weighted by Crippen LogP contribution is 2.06. The van der Waals surface area contributed by atoms with Gasteiger partial charge in [-0.2, -0.15) is 0 Å². The van der Waals surface area contributed by atoms with Crippen molar-refractivity contribution in [1.29, 1.82) is 0 Å². The molecule has 0 atom stereocenters. The third-order valence-electron chi connectivity index (χ3n) is 3.13. The Morgan fingerprint density at radius 1 is 1.43 bits per heavy atom. The minimum atomic E-state index is 0. The van der Waals surface area contributed by atoms with Crippen LogP contribution in [-0.2, 0) is 11.2 Å². The highest BCUT2D eigenvalue weighted by atomic mass is 127. The van der Waals surface area contributed by atoms with Crippen LogP contribution in [0.2, 0.25) is 0 Å². The molecule has 0 amide bonds. The molecule has 2 N–H and O–H groups in total. The molecule has 0 bridgehead atoms. The zero-order valence-corrected chi connectivity index (χ0v) is 14.3. The number of furan rings is 1. The minimum absolute atomic E-state index is 0. The van der Waals surface area contributed by atoms with Gasteiger partial charge < -0.3 is 19.8 Å². The fourth-order valence-electron chi connectivity index (χ4n) is 2.06. The second kappa shape index (κ2) is 10.5. The SMILES string of the molecule is C#CCNC(=NCCc1ccco1)NC1CCOCC1.I. The van der Waals surface area contributed by atoms with Crippen LogP contribution in [0, 0.1) is 12.3 Å². The molecule has 0 spiro atoms. The van der Waals surface area contributed by atoms with Gasteiger partial charge in [-0.15, -0.1) is 30.4 Å². The molecule has 0 saturated carbocycles. The number of guanidine groups is 1. The van der Waals surface area contributed by atoms with Crippen LogP contribution in [0.1, 0.15) is 18.6 Å². The maximum absolute atomic E-state index is 5.35.